The molecule has 3 aromatic rings. The van der Waals surface area contributed by atoms with Crippen molar-refractivity contribution in [3.05, 3.63) is 101 Å². The third-order valence-electron chi connectivity index (χ3n) is 4.37. The number of rotatable bonds is 8. The summed E-state index contributed by atoms with van der Waals surface area (Å²) in [7, 11) is 1.63. The van der Waals surface area contributed by atoms with Gasteiger partial charge in [0.25, 0.3) is 0 Å². The fraction of sp³-hybridized carbons (Fsp3) is 0.125. The van der Waals surface area contributed by atoms with Crippen molar-refractivity contribution in [3.63, 3.8) is 0 Å². The zero-order valence-corrected chi connectivity index (χ0v) is 16.4. The van der Waals surface area contributed by atoms with Crippen LogP contribution in [0.1, 0.15) is 23.6 Å². The predicted octanol–water partition coefficient (Wildman–Crippen LogP) is 6.17. The van der Waals surface area contributed by atoms with Gasteiger partial charge in [0.2, 0.25) is 0 Å². The molecule has 0 spiro atoms. The number of benzene rings is 3. The maximum Gasteiger partial charge on any atom is 0.158 e. The van der Waals surface area contributed by atoms with E-state index in [4.69, 9.17) is 16.3 Å². The number of allylic oxidation sites excluding steroid dienone is 1. The Balaban J connectivity index is 1.71. The van der Waals surface area contributed by atoms with Crippen LogP contribution in [-0.4, -0.2) is 12.9 Å². The summed E-state index contributed by atoms with van der Waals surface area (Å²) >= 11 is 5.97. The Bertz CT molecular complexity index is 919. The molecule has 142 valence electrons. The number of carbonyl (C=O) groups excluding carboxylic acids is 1. The van der Waals surface area contributed by atoms with E-state index in [9.17, 15) is 4.79 Å². The van der Waals surface area contributed by atoms with Gasteiger partial charge in [-0.1, -0.05) is 60.1 Å². The van der Waals surface area contributed by atoms with Crippen LogP contribution in [0.2, 0.25) is 5.02 Å². The molecule has 4 heteroatoms. The normalized spacial score (nSPS) is 11.9. The zero-order chi connectivity index (χ0) is 19.8. The van der Waals surface area contributed by atoms with E-state index in [2.05, 4.69) is 5.32 Å². The maximum atomic E-state index is 12.6. The third kappa shape index (κ3) is 5.73. The first-order valence-electron chi connectivity index (χ1n) is 9.06. The standard InChI is InChI=1S/C24H22ClNO2/c1-28-23-15-8-18(9-16-23)7-14-22(27)17-24(19-5-3-2-4-6-19)26-21-12-10-20(25)11-13-21/h2-16,24,26H,17H2,1H3/b14-7+/t24-/m1/s1. The van der Waals surface area contributed by atoms with E-state index >= 15 is 0 Å². The molecule has 1 atom stereocenters. The maximum absolute atomic E-state index is 12.6. The second-order valence-electron chi connectivity index (χ2n) is 6.39. The number of halogens is 1. The van der Waals surface area contributed by atoms with Crippen molar-refractivity contribution in [1.29, 1.82) is 0 Å². The van der Waals surface area contributed by atoms with E-state index in [1.807, 2.05) is 84.9 Å². The largest absolute Gasteiger partial charge is 0.497 e. The first-order chi connectivity index (χ1) is 13.6. The number of ketones is 1. The zero-order valence-electron chi connectivity index (χ0n) is 15.6. The number of hydrogen-bond donors (Lipinski definition) is 1. The summed E-state index contributed by atoms with van der Waals surface area (Å²) in [5.41, 5.74) is 2.94. The van der Waals surface area contributed by atoms with Crippen LogP contribution < -0.4 is 10.1 Å². The highest BCUT2D eigenvalue weighted by Gasteiger charge is 2.14. The van der Waals surface area contributed by atoms with E-state index < -0.39 is 0 Å². The Labute approximate surface area is 170 Å². The average Bonchev–Trinajstić information content (AvgIpc) is 2.74. The van der Waals surface area contributed by atoms with Crippen LogP contribution in [0, 0.1) is 0 Å². The molecule has 0 fully saturated rings. The molecule has 0 amide bonds. The van der Waals surface area contributed by atoms with Crippen LogP contribution in [0.4, 0.5) is 5.69 Å². The van der Waals surface area contributed by atoms with E-state index in [-0.39, 0.29) is 11.8 Å². The quantitative estimate of drug-likeness (QED) is 0.466. The molecule has 0 aromatic heterocycles. The molecular weight excluding hydrogens is 370 g/mol. The molecule has 0 aliphatic carbocycles. The van der Waals surface area contributed by atoms with Gasteiger partial charge in [0, 0.05) is 17.1 Å². The molecule has 28 heavy (non-hydrogen) atoms. The van der Waals surface area contributed by atoms with Crippen LogP contribution in [0.3, 0.4) is 0 Å². The van der Waals surface area contributed by atoms with Crippen molar-refractivity contribution in [1.82, 2.24) is 0 Å². The van der Waals surface area contributed by atoms with Crippen LogP contribution in [0.5, 0.6) is 5.75 Å². The van der Waals surface area contributed by atoms with E-state index in [1.54, 1.807) is 13.2 Å². The van der Waals surface area contributed by atoms with E-state index in [1.165, 1.54) is 0 Å². The summed E-state index contributed by atoms with van der Waals surface area (Å²) in [5, 5.41) is 4.12. The van der Waals surface area contributed by atoms with Crippen LogP contribution in [-0.2, 0) is 4.79 Å². The van der Waals surface area contributed by atoms with E-state index in [0.717, 1.165) is 22.6 Å². The van der Waals surface area contributed by atoms with E-state index in [0.29, 0.717) is 11.4 Å². The van der Waals surface area contributed by atoms with Crippen molar-refractivity contribution < 1.29 is 9.53 Å². The summed E-state index contributed by atoms with van der Waals surface area (Å²) < 4.78 is 5.15. The number of nitrogens with one attached hydrogen (secondary N) is 1. The highest BCUT2D eigenvalue weighted by atomic mass is 35.5. The van der Waals surface area contributed by atoms with Crippen LogP contribution >= 0.6 is 11.6 Å². The Morgan fingerprint density at radius 3 is 2.32 bits per heavy atom. The molecule has 0 radical (unpaired) electrons. The molecule has 0 aliphatic rings. The van der Waals surface area contributed by atoms with Gasteiger partial charge in [-0.3, -0.25) is 4.79 Å². The molecular formula is C24H22ClNO2. The molecule has 0 heterocycles. The molecule has 3 rings (SSSR count). The summed E-state index contributed by atoms with van der Waals surface area (Å²) in [5.74, 6) is 0.839. The minimum atomic E-state index is -0.129. The average molecular weight is 392 g/mol. The second kappa shape index (κ2) is 9.77. The predicted molar refractivity (Wildman–Crippen MR) is 116 cm³/mol. The minimum absolute atomic E-state index is 0.0473. The van der Waals surface area contributed by atoms with Gasteiger partial charge in [-0.05, 0) is 53.6 Å². The summed E-state index contributed by atoms with van der Waals surface area (Å²) in [6.07, 6.45) is 3.80. The van der Waals surface area contributed by atoms with Gasteiger partial charge in [0.15, 0.2) is 5.78 Å². The monoisotopic (exact) mass is 391 g/mol. The number of anilines is 1. The lowest BCUT2D eigenvalue weighted by atomic mass is 10.0. The Hall–Kier alpha value is -3.04. The van der Waals surface area contributed by atoms with Crippen molar-refractivity contribution in [3.8, 4) is 5.75 Å². The summed E-state index contributed by atoms with van der Waals surface area (Å²) in [6.45, 7) is 0. The van der Waals surface area contributed by atoms with Gasteiger partial charge in [-0.15, -0.1) is 0 Å². The molecule has 0 saturated carbocycles. The summed E-state index contributed by atoms with van der Waals surface area (Å²) in [4.78, 5) is 12.6. The van der Waals surface area contributed by atoms with Crippen molar-refractivity contribution in [2.24, 2.45) is 0 Å². The second-order valence-corrected chi connectivity index (χ2v) is 6.83. The molecule has 0 saturated heterocycles. The molecule has 0 unspecified atom stereocenters. The molecule has 0 aliphatic heterocycles. The smallest absolute Gasteiger partial charge is 0.158 e. The molecule has 1 N–H and O–H groups in total. The Kier molecular flexibility index (Phi) is 6.88. The highest BCUT2D eigenvalue weighted by molar-refractivity contribution is 6.30. The van der Waals surface area contributed by atoms with Crippen molar-refractivity contribution >= 4 is 29.1 Å². The van der Waals surface area contributed by atoms with Gasteiger partial charge in [-0.2, -0.15) is 0 Å². The summed E-state index contributed by atoms with van der Waals surface area (Å²) in [6, 6.07) is 24.9. The third-order valence-corrected chi connectivity index (χ3v) is 4.62. The minimum Gasteiger partial charge on any atom is -0.497 e. The van der Waals surface area contributed by atoms with Gasteiger partial charge in [-0.25, -0.2) is 0 Å². The van der Waals surface area contributed by atoms with Crippen molar-refractivity contribution in [2.45, 2.75) is 12.5 Å². The van der Waals surface area contributed by atoms with Crippen LogP contribution in [0.25, 0.3) is 6.08 Å². The van der Waals surface area contributed by atoms with Gasteiger partial charge in [0.05, 0.1) is 13.2 Å². The molecule has 3 nitrogen and oxygen atoms in total. The van der Waals surface area contributed by atoms with Gasteiger partial charge in [0.1, 0.15) is 5.75 Å². The van der Waals surface area contributed by atoms with Gasteiger partial charge < -0.3 is 10.1 Å². The lowest BCUT2D eigenvalue weighted by molar-refractivity contribution is -0.114. The number of methoxy groups -OCH3 is 1. The number of ether oxygens (including phenoxy) is 1. The number of hydrogen-bond acceptors (Lipinski definition) is 3. The topological polar surface area (TPSA) is 38.3 Å². The fourth-order valence-electron chi connectivity index (χ4n) is 2.86. The van der Waals surface area contributed by atoms with Gasteiger partial charge >= 0.3 is 0 Å². The lowest BCUT2D eigenvalue weighted by Crippen LogP contribution is -2.14. The molecule has 3 aromatic carbocycles. The molecule has 0 bridgehead atoms. The Morgan fingerprint density at radius 2 is 1.68 bits per heavy atom. The first kappa shape index (κ1) is 19.7. The first-order valence-corrected chi connectivity index (χ1v) is 9.44. The SMILES string of the molecule is COc1ccc(/C=C/C(=O)C[C@@H](Nc2ccc(Cl)cc2)c2ccccc2)cc1. The number of carbonyl (C=O) groups is 1. The van der Waals surface area contributed by atoms with Crippen molar-refractivity contribution in [2.75, 3.05) is 12.4 Å². The van der Waals surface area contributed by atoms with Crippen LogP contribution in [0.15, 0.2) is 84.9 Å². The highest BCUT2D eigenvalue weighted by Crippen LogP contribution is 2.24. The Morgan fingerprint density at radius 1 is 1.00 bits per heavy atom. The lowest BCUT2D eigenvalue weighted by Gasteiger charge is -2.19. The fourth-order valence-corrected chi connectivity index (χ4v) is 2.98.